The van der Waals surface area contributed by atoms with E-state index in [1.54, 1.807) is 14.1 Å². The van der Waals surface area contributed by atoms with Crippen LogP contribution < -0.4 is 10.6 Å². The molecular weight excluding hydrogens is 240 g/mol. The first-order valence-electron chi connectivity index (χ1n) is 6.39. The highest BCUT2D eigenvalue weighted by molar-refractivity contribution is 5.79. The summed E-state index contributed by atoms with van der Waals surface area (Å²) in [5, 5.41) is 7.35. The summed E-state index contributed by atoms with van der Waals surface area (Å²) in [4.78, 5) is 16.0. The number of nitrogens with one attached hydrogen (secondary N) is 3. The average Bonchev–Trinajstić information content (AvgIpc) is 2.85. The van der Waals surface area contributed by atoms with E-state index in [1.165, 1.54) is 15.8 Å². The van der Waals surface area contributed by atoms with E-state index in [1.807, 2.05) is 6.20 Å². The topological polar surface area (TPSA) is 60.2 Å². The Bertz CT molecular complexity index is 547. The maximum absolute atomic E-state index is 11.3. The van der Waals surface area contributed by atoms with Gasteiger partial charge in [-0.1, -0.05) is 6.07 Å². The second-order valence-electron chi connectivity index (χ2n) is 4.70. The second-order valence-corrected chi connectivity index (χ2v) is 4.70. The van der Waals surface area contributed by atoms with Crippen molar-refractivity contribution in [1.29, 1.82) is 0 Å². The molecule has 1 aromatic carbocycles. The Balaban J connectivity index is 1.72. The largest absolute Gasteiger partial charge is 0.361 e. The molecule has 0 saturated heterocycles. The quantitative estimate of drug-likeness (QED) is 0.714. The van der Waals surface area contributed by atoms with Crippen LogP contribution in [-0.4, -0.2) is 43.1 Å². The Kier molecular flexibility index (Phi) is 4.41. The number of carbonyl (C=O) groups is 1. The minimum atomic E-state index is -0.0597. The van der Waals surface area contributed by atoms with Crippen LogP contribution in [-0.2, 0) is 6.54 Å². The van der Waals surface area contributed by atoms with Crippen molar-refractivity contribution in [2.75, 3.05) is 27.2 Å². The number of aromatic nitrogens is 1. The molecule has 3 N–H and O–H groups in total. The van der Waals surface area contributed by atoms with Gasteiger partial charge in [0.05, 0.1) is 0 Å². The molecular formula is C14H20N4O. The summed E-state index contributed by atoms with van der Waals surface area (Å²) >= 11 is 0. The molecule has 0 spiro atoms. The third-order valence-electron chi connectivity index (χ3n) is 2.93. The predicted octanol–water partition coefficient (Wildman–Crippen LogP) is 1.53. The van der Waals surface area contributed by atoms with Gasteiger partial charge in [0.25, 0.3) is 0 Å². The normalized spacial score (nSPS) is 10.6. The number of nitrogens with zero attached hydrogens (tertiary/aromatic N) is 1. The van der Waals surface area contributed by atoms with Gasteiger partial charge in [-0.15, -0.1) is 0 Å². The van der Waals surface area contributed by atoms with Crippen LogP contribution in [0, 0.1) is 0 Å². The molecule has 5 heteroatoms. The Morgan fingerprint density at radius 2 is 2.11 bits per heavy atom. The first kappa shape index (κ1) is 13.4. The van der Waals surface area contributed by atoms with Crippen molar-refractivity contribution >= 4 is 16.9 Å². The zero-order valence-corrected chi connectivity index (χ0v) is 11.4. The molecule has 0 bridgehead atoms. The monoisotopic (exact) mass is 260 g/mol. The lowest BCUT2D eigenvalue weighted by Crippen LogP contribution is -2.38. The minimum absolute atomic E-state index is 0.0597. The van der Waals surface area contributed by atoms with Crippen LogP contribution in [0.4, 0.5) is 4.79 Å². The molecule has 2 rings (SSSR count). The van der Waals surface area contributed by atoms with Gasteiger partial charge in [0, 0.05) is 45.4 Å². The van der Waals surface area contributed by atoms with Crippen molar-refractivity contribution in [3.05, 3.63) is 36.0 Å². The van der Waals surface area contributed by atoms with E-state index in [-0.39, 0.29) is 6.03 Å². The van der Waals surface area contributed by atoms with Crippen molar-refractivity contribution in [3.63, 3.8) is 0 Å². The molecule has 0 radical (unpaired) electrons. The summed E-state index contributed by atoms with van der Waals surface area (Å²) in [5.74, 6) is 0. The van der Waals surface area contributed by atoms with E-state index in [0.29, 0.717) is 6.54 Å². The lowest BCUT2D eigenvalue weighted by atomic mass is 10.1. The van der Waals surface area contributed by atoms with Crippen molar-refractivity contribution in [1.82, 2.24) is 20.5 Å². The Morgan fingerprint density at radius 1 is 1.26 bits per heavy atom. The highest BCUT2D eigenvalue weighted by atomic mass is 16.2. The number of benzene rings is 1. The predicted molar refractivity (Wildman–Crippen MR) is 77.1 cm³/mol. The van der Waals surface area contributed by atoms with Gasteiger partial charge in [0.15, 0.2) is 0 Å². The van der Waals surface area contributed by atoms with Gasteiger partial charge >= 0.3 is 6.03 Å². The molecule has 2 amide bonds. The lowest BCUT2D eigenvalue weighted by Gasteiger charge is -2.12. The van der Waals surface area contributed by atoms with Crippen molar-refractivity contribution in [2.24, 2.45) is 0 Å². The first-order valence-corrected chi connectivity index (χ1v) is 6.39. The van der Waals surface area contributed by atoms with Gasteiger partial charge in [-0.2, -0.15) is 0 Å². The van der Waals surface area contributed by atoms with Gasteiger partial charge in [0.2, 0.25) is 0 Å². The number of H-pyrrole nitrogens is 1. The van der Waals surface area contributed by atoms with Gasteiger partial charge in [-0.05, 0) is 29.1 Å². The zero-order chi connectivity index (χ0) is 13.7. The molecule has 19 heavy (non-hydrogen) atoms. The first-order chi connectivity index (χ1) is 9.16. The van der Waals surface area contributed by atoms with Crippen molar-refractivity contribution in [3.8, 4) is 0 Å². The summed E-state index contributed by atoms with van der Waals surface area (Å²) in [7, 11) is 3.46. The van der Waals surface area contributed by atoms with Crippen LogP contribution in [0.1, 0.15) is 5.56 Å². The summed E-state index contributed by atoms with van der Waals surface area (Å²) < 4.78 is 0. The molecule has 2 aromatic rings. The third-order valence-corrected chi connectivity index (χ3v) is 2.93. The lowest BCUT2D eigenvalue weighted by molar-refractivity contribution is 0.217. The van der Waals surface area contributed by atoms with Crippen LogP contribution in [0.5, 0.6) is 0 Å². The van der Waals surface area contributed by atoms with Gasteiger partial charge < -0.3 is 20.5 Å². The average molecular weight is 260 g/mol. The summed E-state index contributed by atoms with van der Waals surface area (Å²) in [6.07, 6.45) is 1.94. The van der Waals surface area contributed by atoms with Gasteiger partial charge in [-0.25, -0.2) is 4.79 Å². The number of amides is 2. The van der Waals surface area contributed by atoms with Crippen molar-refractivity contribution < 1.29 is 4.79 Å². The molecule has 102 valence electrons. The van der Waals surface area contributed by atoms with Gasteiger partial charge in [-0.3, -0.25) is 0 Å². The molecule has 0 aliphatic rings. The molecule has 5 nitrogen and oxygen atoms in total. The maximum Gasteiger partial charge on any atom is 0.316 e. The SMILES string of the molecule is CN(C)C(=O)NCCNCc1ccc2[nH]ccc2c1. The number of aromatic amines is 1. The minimum Gasteiger partial charge on any atom is -0.361 e. The summed E-state index contributed by atoms with van der Waals surface area (Å²) in [5.41, 5.74) is 2.40. The van der Waals surface area contributed by atoms with Crippen LogP contribution in [0.3, 0.4) is 0 Å². The van der Waals surface area contributed by atoms with E-state index >= 15 is 0 Å². The smallest absolute Gasteiger partial charge is 0.316 e. The number of hydrogen-bond acceptors (Lipinski definition) is 2. The van der Waals surface area contributed by atoms with Crippen molar-refractivity contribution in [2.45, 2.75) is 6.54 Å². The molecule has 0 atom stereocenters. The molecule has 0 aliphatic heterocycles. The van der Waals surface area contributed by atoms with Crippen LogP contribution >= 0.6 is 0 Å². The number of fused-ring (bicyclic) bond motifs is 1. The van der Waals surface area contributed by atoms with E-state index < -0.39 is 0 Å². The number of rotatable bonds is 5. The van der Waals surface area contributed by atoms with Gasteiger partial charge in [0.1, 0.15) is 0 Å². The Hall–Kier alpha value is -2.01. The molecule has 1 heterocycles. The summed E-state index contributed by atoms with van der Waals surface area (Å²) in [6.45, 7) is 2.19. The Labute approximate surface area is 113 Å². The van der Waals surface area contributed by atoms with E-state index in [4.69, 9.17) is 0 Å². The molecule has 0 fully saturated rings. The molecule has 0 aliphatic carbocycles. The fraction of sp³-hybridized carbons (Fsp3) is 0.357. The van der Waals surface area contributed by atoms with E-state index in [2.05, 4.69) is 39.9 Å². The molecule has 1 aromatic heterocycles. The molecule has 0 unspecified atom stereocenters. The molecule has 0 saturated carbocycles. The van der Waals surface area contributed by atoms with E-state index in [0.717, 1.165) is 18.6 Å². The number of hydrogen-bond donors (Lipinski definition) is 3. The zero-order valence-electron chi connectivity index (χ0n) is 11.4. The fourth-order valence-corrected chi connectivity index (χ4v) is 1.86. The second kappa shape index (κ2) is 6.24. The standard InChI is InChI=1S/C14H20N4O/c1-18(2)14(19)17-8-7-15-10-11-3-4-13-12(9-11)5-6-16-13/h3-6,9,15-16H,7-8,10H2,1-2H3,(H,17,19). The highest BCUT2D eigenvalue weighted by Gasteiger charge is 2.01. The third kappa shape index (κ3) is 3.72. The number of carbonyl (C=O) groups excluding carboxylic acids is 1. The van der Waals surface area contributed by atoms with Crippen LogP contribution in [0.2, 0.25) is 0 Å². The fourth-order valence-electron chi connectivity index (χ4n) is 1.86. The maximum atomic E-state index is 11.3. The summed E-state index contributed by atoms with van der Waals surface area (Å²) in [6, 6.07) is 8.35. The Morgan fingerprint density at radius 3 is 2.89 bits per heavy atom. The van der Waals surface area contributed by atoms with E-state index in [9.17, 15) is 4.79 Å². The highest BCUT2D eigenvalue weighted by Crippen LogP contribution is 2.13. The van der Waals surface area contributed by atoms with Crippen LogP contribution in [0.25, 0.3) is 10.9 Å². The number of urea groups is 1. The van der Waals surface area contributed by atoms with Crippen LogP contribution in [0.15, 0.2) is 30.5 Å².